The lowest BCUT2D eigenvalue weighted by Crippen LogP contribution is -2.25. The molecule has 0 aliphatic heterocycles. The number of aromatic nitrogens is 2. The van der Waals surface area contributed by atoms with E-state index in [0.29, 0.717) is 18.3 Å². The Bertz CT molecular complexity index is 652. The lowest BCUT2D eigenvalue weighted by molar-refractivity contribution is 0.574. The van der Waals surface area contributed by atoms with E-state index in [0.717, 1.165) is 5.56 Å². The summed E-state index contributed by atoms with van der Waals surface area (Å²) in [5.74, 6) is 0. The van der Waals surface area contributed by atoms with Crippen LogP contribution in [0, 0.1) is 0 Å². The van der Waals surface area contributed by atoms with Crippen LogP contribution in [-0.2, 0) is 23.1 Å². The molecule has 8 heteroatoms. The molecule has 0 unspecified atom stereocenters. The third kappa shape index (κ3) is 4.85. The summed E-state index contributed by atoms with van der Waals surface area (Å²) in [4.78, 5) is 8.05. The number of hydrogen-bond donors (Lipinski definition) is 2. The Morgan fingerprint density at radius 2 is 2.05 bits per heavy atom. The first-order valence-electron chi connectivity index (χ1n) is 6.52. The molecule has 0 fully saturated rings. The second-order valence-corrected chi connectivity index (χ2v) is 7.28. The molecular formula is C13H18N4O2S2. The normalized spacial score (nSPS) is 12.0. The van der Waals surface area contributed by atoms with Gasteiger partial charge in [-0.05, 0) is 11.6 Å². The summed E-state index contributed by atoms with van der Waals surface area (Å²) in [6.45, 7) is 4.94. The van der Waals surface area contributed by atoms with Gasteiger partial charge in [0, 0.05) is 24.2 Å². The largest absolute Gasteiger partial charge is 0.310 e. The zero-order valence-corrected chi connectivity index (χ0v) is 13.5. The van der Waals surface area contributed by atoms with Gasteiger partial charge >= 0.3 is 0 Å². The van der Waals surface area contributed by atoms with E-state index in [1.54, 1.807) is 23.2 Å². The van der Waals surface area contributed by atoms with Crippen LogP contribution in [0.15, 0.2) is 34.2 Å². The van der Waals surface area contributed by atoms with Crippen LogP contribution in [-0.4, -0.2) is 24.4 Å². The van der Waals surface area contributed by atoms with Gasteiger partial charge < -0.3 is 5.32 Å². The van der Waals surface area contributed by atoms with Gasteiger partial charge in [-0.2, -0.15) is 0 Å². The Morgan fingerprint density at radius 3 is 2.62 bits per heavy atom. The fourth-order valence-corrected chi connectivity index (χ4v) is 3.05. The summed E-state index contributed by atoms with van der Waals surface area (Å²) in [6.07, 6.45) is 1.58. The molecular weight excluding hydrogens is 308 g/mol. The van der Waals surface area contributed by atoms with Gasteiger partial charge in [-0.25, -0.2) is 23.1 Å². The van der Waals surface area contributed by atoms with Gasteiger partial charge in [0.15, 0.2) is 5.03 Å². The maximum absolute atomic E-state index is 12.1. The molecule has 2 aromatic heterocycles. The van der Waals surface area contributed by atoms with Gasteiger partial charge in [0.25, 0.3) is 10.0 Å². The molecule has 0 amide bonds. The highest BCUT2D eigenvalue weighted by atomic mass is 32.2. The molecule has 2 N–H and O–H groups in total. The molecule has 0 spiro atoms. The van der Waals surface area contributed by atoms with Crippen molar-refractivity contribution < 1.29 is 8.42 Å². The number of nitrogens with one attached hydrogen (secondary N) is 2. The molecule has 0 saturated carbocycles. The quantitative estimate of drug-likeness (QED) is 0.806. The van der Waals surface area contributed by atoms with E-state index >= 15 is 0 Å². The predicted octanol–water partition coefficient (Wildman–Crippen LogP) is 1.51. The molecule has 2 aromatic rings. The van der Waals surface area contributed by atoms with Crippen LogP contribution in [0.25, 0.3) is 0 Å². The molecule has 0 aromatic carbocycles. The number of rotatable bonds is 7. The van der Waals surface area contributed by atoms with Gasteiger partial charge in [0.05, 0.1) is 17.7 Å². The minimum absolute atomic E-state index is 0.0195. The van der Waals surface area contributed by atoms with Gasteiger partial charge in [-0.15, -0.1) is 11.3 Å². The smallest absolute Gasteiger partial charge is 0.258 e. The molecule has 0 aliphatic rings. The molecule has 0 bridgehead atoms. The number of pyridine rings is 1. The number of nitrogens with zero attached hydrogens (tertiary/aromatic N) is 2. The van der Waals surface area contributed by atoms with Crippen LogP contribution in [0.3, 0.4) is 0 Å². The van der Waals surface area contributed by atoms with Crippen molar-refractivity contribution in [3.8, 4) is 0 Å². The topological polar surface area (TPSA) is 84.0 Å². The second-order valence-electron chi connectivity index (χ2n) is 4.84. The van der Waals surface area contributed by atoms with Crippen molar-refractivity contribution in [2.24, 2.45) is 0 Å². The third-order valence-electron chi connectivity index (χ3n) is 2.71. The van der Waals surface area contributed by atoms with E-state index in [2.05, 4.69) is 33.9 Å². The fourth-order valence-electron chi connectivity index (χ4n) is 1.56. The van der Waals surface area contributed by atoms with Gasteiger partial charge in [-0.3, -0.25) is 0 Å². The van der Waals surface area contributed by atoms with E-state index in [1.165, 1.54) is 17.4 Å². The van der Waals surface area contributed by atoms with E-state index in [1.807, 2.05) is 0 Å². The fraction of sp³-hybridized carbons (Fsp3) is 0.385. The number of sulfonamides is 1. The molecule has 2 rings (SSSR count). The molecule has 6 nitrogen and oxygen atoms in total. The first kappa shape index (κ1) is 16.0. The van der Waals surface area contributed by atoms with Crippen molar-refractivity contribution in [1.82, 2.24) is 20.0 Å². The highest BCUT2D eigenvalue weighted by molar-refractivity contribution is 7.89. The standard InChI is InChI=1S/C13H18N4O2S2/c1-10(2)14-5-11-3-4-13(15-6-11)21(18,19)17-7-12-8-20-9-16-12/h3-4,6,8-10,14,17H,5,7H2,1-2H3. The monoisotopic (exact) mass is 326 g/mol. The third-order valence-corrected chi connectivity index (χ3v) is 4.67. The number of hydrogen-bond acceptors (Lipinski definition) is 6. The first-order valence-corrected chi connectivity index (χ1v) is 8.95. The minimum Gasteiger partial charge on any atom is -0.310 e. The molecule has 2 heterocycles. The highest BCUT2D eigenvalue weighted by Gasteiger charge is 2.15. The molecule has 114 valence electrons. The second kappa shape index (κ2) is 7.08. The summed E-state index contributed by atoms with van der Waals surface area (Å²) in [5, 5.41) is 5.07. The molecule has 0 saturated heterocycles. The maximum atomic E-state index is 12.1. The van der Waals surface area contributed by atoms with E-state index in [-0.39, 0.29) is 11.6 Å². The average Bonchev–Trinajstić information content (AvgIpc) is 2.97. The minimum atomic E-state index is -3.60. The summed E-state index contributed by atoms with van der Waals surface area (Å²) >= 11 is 1.43. The Balaban J connectivity index is 1.99. The predicted molar refractivity (Wildman–Crippen MR) is 82.4 cm³/mol. The average molecular weight is 326 g/mol. The van der Waals surface area contributed by atoms with E-state index in [4.69, 9.17) is 0 Å². The maximum Gasteiger partial charge on any atom is 0.258 e. The van der Waals surface area contributed by atoms with Crippen LogP contribution >= 0.6 is 11.3 Å². The Hall–Kier alpha value is -1.35. The molecule has 0 atom stereocenters. The summed E-state index contributed by atoms with van der Waals surface area (Å²) in [7, 11) is -3.60. The van der Waals surface area contributed by atoms with Gasteiger partial charge in [0.2, 0.25) is 0 Å². The molecule has 21 heavy (non-hydrogen) atoms. The summed E-state index contributed by atoms with van der Waals surface area (Å²) in [5.41, 5.74) is 3.31. The first-order chi connectivity index (χ1) is 9.97. The van der Waals surface area contributed by atoms with Crippen LogP contribution in [0.5, 0.6) is 0 Å². The Morgan fingerprint density at radius 1 is 1.24 bits per heavy atom. The van der Waals surface area contributed by atoms with Crippen molar-refractivity contribution in [1.29, 1.82) is 0 Å². The van der Waals surface area contributed by atoms with Crippen LogP contribution in [0.4, 0.5) is 0 Å². The Labute approximate surface area is 128 Å². The molecule has 0 radical (unpaired) electrons. The lowest BCUT2D eigenvalue weighted by atomic mass is 10.2. The lowest BCUT2D eigenvalue weighted by Gasteiger charge is -2.09. The molecule has 0 aliphatic carbocycles. The summed E-state index contributed by atoms with van der Waals surface area (Å²) < 4.78 is 26.7. The van der Waals surface area contributed by atoms with Gasteiger partial charge in [0.1, 0.15) is 0 Å². The van der Waals surface area contributed by atoms with Crippen LogP contribution in [0.1, 0.15) is 25.1 Å². The SMILES string of the molecule is CC(C)NCc1ccc(S(=O)(=O)NCc2cscn2)nc1. The van der Waals surface area contributed by atoms with E-state index in [9.17, 15) is 8.42 Å². The van der Waals surface area contributed by atoms with Crippen molar-refractivity contribution in [3.63, 3.8) is 0 Å². The Kier molecular flexibility index (Phi) is 5.40. The van der Waals surface area contributed by atoms with E-state index < -0.39 is 10.0 Å². The highest BCUT2D eigenvalue weighted by Crippen LogP contribution is 2.08. The van der Waals surface area contributed by atoms with Crippen molar-refractivity contribution >= 4 is 21.4 Å². The number of thiazole rings is 1. The van der Waals surface area contributed by atoms with Crippen molar-refractivity contribution in [2.75, 3.05) is 0 Å². The zero-order valence-electron chi connectivity index (χ0n) is 11.9. The van der Waals surface area contributed by atoms with Crippen molar-refractivity contribution in [2.45, 2.75) is 38.0 Å². The van der Waals surface area contributed by atoms with Crippen molar-refractivity contribution in [3.05, 3.63) is 40.5 Å². The zero-order chi connectivity index (χ0) is 15.3. The van der Waals surface area contributed by atoms with Gasteiger partial charge in [-0.1, -0.05) is 19.9 Å². The van der Waals surface area contributed by atoms with Crippen LogP contribution < -0.4 is 10.0 Å². The summed E-state index contributed by atoms with van der Waals surface area (Å²) in [6, 6.07) is 3.65. The van der Waals surface area contributed by atoms with Crippen LogP contribution in [0.2, 0.25) is 0 Å².